The van der Waals surface area contributed by atoms with Crippen molar-refractivity contribution in [2.75, 3.05) is 25.4 Å². The van der Waals surface area contributed by atoms with Crippen LogP contribution >= 0.6 is 19.6 Å². The Bertz CT molecular complexity index is 1450. The molecular weight excluding hydrogens is 659 g/mol. The van der Waals surface area contributed by atoms with Gasteiger partial charge >= 0.3 is 19.5 Å². The number of fused-ring (bicyclic) bond motifs is 1. The molecule has 0 bridgehead atoms. The van der Waals surface area contributed by atoms with Gasteiger partial charge in [-0.15, -0.1) is 0 Å². The second-order valence-electron chi connectivity index (χ2n) is 11.7. The third-order valence-electron chi connectivity index (χ3n) is 8.16. The molecule has 262 valence electrons. The van der Waals surface area contributed by atoms with E-state index in [-0.39, 0.29) is 36.0 Å². The van der Waals surface area contributed by atoms with Gasteiger partial charge in [0, 0.05) is 49.2 Å². The van der Waals surface area contributed by atoms with Crippen LogP contribution in [0.3, 0.4) is 0 Å². The number of aromatic amines is 1. The van der Waals surface area contributed by atoms with Gasteiger partial charge in [0.1, 0.15) is 18.4 Å². The summed E-state index contributed by atoms with van der Waals surface area (Å²) in [5, 5.41) is 21.5. The Morgan fingerprint density at radius 1 is 1.09 bits per heavy atom. The fraction of sp³-hybridized carbons (Fsp3) is 0.679. The van der Waals surface area contributed by atoms with E-state index in [1.54, 1.807) is 0 Å². The van der Waals surface area contributed by atoms with Crippen molar-refractivity contribution in [2.45, 2.75) is 93.6 Å². The Morgan fingerprint density at radius 2 is 1.83 bits per heavy atom. The summed E-state index contributed by atoms with van der Waals surface area (Å²) in [6.07, 6.45) is 6.44. The number of phosphoric ester groups is 1. The van der Waals surface area contributed by atoms with Crippen molar-refractivity contribution in [3.8, 4) is 0 Å². The quantitative estimate of drug-likeness (QED) is 0.0430. The number of nitrogens with one attached hydrogen (secondary N) is 5. The number of nitrogens with zero attached hydrogens (tertiary/aromatic N) is 1. The summed E-state index contributed by atoms with van der Waals surface area (Å²) in [7, 11) is -4.89. The van der Waals surface area contributed by atoms with Crippen LogP contribution in [0.5, 0.6) is 0 Å². The molecule has 17 nitrogen and oxygen atoms in total. The van der Waals surface area contributed by atoms with E-state index in [4.69, 9.17) is 14.5 Å². The second kappa shape index (κ2) is 17.4. The number of phosphoric acid groups is 1. The zero-order valence-corrected chi connectivity index (χ0v) is 27.5. The third-order valence-corrected chi connectivity index (χ3v) is 10.2. The number of carbonyl (C=O) groups is 3. The molecule has 3 saturated heterocycles. The van der Waals surface area contributed by atoms with Crippen LogP contribution in [0.4, 0.5) is 4.79 Å². The van der Waals surface area contributed by atoms with Crippen LogP contribution in [-0.4, -0.2) is 97.3 Å². The molecule has 4 unspecified atom stereocenters. The minimum absolute atomic E-state index is 0.0344. The summed E-state index contributed by atoms with van der Waals surface area (Å²) >= 11 is 1.87. The lowest BCUT2D eigenvalue weighted by atomic mass is 10.0. The Hall–Kier alpha value is -2.99. The molecule has 0 aliphatic carbocycles. The van der Waals surface area contributed by atoms with Crippen molar-refractivity contribution >= 4 is 43.5 Å². The molecule has 3 fully saturated rings. The number of urea groups is 1. The van der Waals surface area contributed by atoms with Gasteiger partial charge < -0.3 is 40.9 Å². The topological polar surface area (TPSA) is 250 Å². The highest BCUT2D eigenvalue weighted by atomic mass is 32.2. The van der Waals surface area contributed by atoms with E-state index in [1.165, 1.54) is 6.08 Å². The summed E-state index contributed by atoms with van der Waals surface area (Å²) in [6.45, 7) is 0.382. The Balaban J connectivity index is 1.07. The number of ether oxygens (including phenoxy) is 1. The number of H-pyrrole nitrogens is 1. The molecule has 8 N–H and O–H groups in total. The number of aromatic nitrogens is 2. The molecule has 1 aromatic heterocycles. The standard InChI is InChI=1S/C28H43N6O11PS/c35-15-20-19(45-46(41,42)43)13-24(44-20)34-14-17(26(38)33-28(34)40)9-10-23(37)30-12-6-2-1-5-11-29-22(36)8-4-3-7-21-25-18(16-47-21)31-27(39)32-25/h9-10,14,18-21,24-25,35H,1-8,11-13,15-16H2,(H,29,36)(H,30,37)(H2,31,32,39)(H,33,38,40)(H2,41,42,43)/b10-9+/t18?,19-,20?,21?,24-,25?/m1/s1. The van der Waals surface area contributed by atoms with Crippen LogP contribution in [0.25, 0.3) is 6.08 Å². The highest BCUT2D eigenvalue weighted by Crippen LogP contribution is 2.43. The Morgan fingerprint density at radius 3 is 2.55 bits per heavy atom. The summed E-state index contributed by atoms with van der Waals surface area (Å²) in [6, 6.07) is 0.313. The van der Waals surface area contributed by atoms with Crippen LogP contribution in [0, 0.1) is 0 Å². The largest absolute Gasteiger partial charge is 0.469 e. The summed E-state index contributed by atoms with van der Waals surface area (Å²) in [5.74, 6) is 0.519. The van der Waals surface area contributed by atoms with Gasteiger partial charge in [-0.3, -0.25) is 28.5 Å². The average molecular weight is 703 g/mol. The molecule has 0 saturated carbocycles. The number of hydrogen-bond donors (Lipinski definition) is 8. The van der Waals surface area contributed by atoms with E-state index in [0.717, 1.165) is 67.5 Å². The lowest BCUT2D eigenvalue weighted by molar-refractivity contribution is -0.121. The summed E-state index contributed by atoms with van der Waals surface area (Å²) in [4.78, 5) is 80.8. The first-order valence-electron chi connectivity index (χ1n) is 15.7. The van der Waals surface area contributed by atoms with Crippen molar-refractivity contribution in [1.29, 1.82) is 0 Å². The highest BCUT2D eigenvalue weighted by molar-refractivity contribution is 8.00. The molecule has 1 aromatic rings. The number of aliphatic hydroxyl groups is 1. The number of aliphatic hydroxyl groups excluding tert-OH is 1. The van der Waals surface area contributed by atoms with Crippen LogP contribution in [0.2, 0.25) is 0 Å². The van der Waals surface area contributed by atoms with E-state index in [0.29, 0.717) is 24.8 Å². The maximum atomic E-state index is 12.4. The molecule has 4 amide bonds. The number of carbonyl (C=O) groups excluding carboxylic acids is 3. The molecule has 0 radical (unpaired) electrons. The van der Waals surface area contributed by atoms with Gasteiger partial charge in [-0.05, 0) is 31.8 Å². The zero-order valence-electron chi connectivity index (χ0n) is 25.8. The maximum absolute atomic E-state index is 12.4. The first kappa shape index (κ1) is 36.8. The fourth-order valence-corrected chi connectivity index (χ4v) is 7.90. The van der Waals surface area contributed by atoms with Crippen molar-refractivity contribution in [1.82, 2.24) is 30.8 Å². The van der Waals surface area contributed by atoms with Crippen molar-refractivity contribution < 1.29 is 43.1 Å². The van der Waals surface area contributed by atoms with Crippen molar-refractivity contribution in [2.24, 2.45) is 0 Å². The van der Waals surface area contributed by atoms with E-state index in [1.807, 2.05) is 11.8 Å². The first-order valence-corrected chi connectivity index (χ1v) is 18.3. The molecule has 4 rings (SSSR count). The number of unbranched alkanes of at least 4 members (excludes halogenated alkanes) is 4. The molecule has 3 aliphatic rings. The molecule has 6 atom stereocenters. The lowest BCUT2D eigenvalue weighted by Gasteiger charge is -2.16. The minimum atomic E-state index is -4.89. The Kier molecular flexibility index (Phi) is 13.7. The predicted octanol–water partition coefficient (Wildman–Crippen LogP) is -0.174. The van der Waals surface area contributed by atoms with Crippen LogP contribution < -0.4 is 32.5 Å². The number of hydrogen-bond acceptors (Lipinski definition) is 10. The lowest BCUT2D eigenvalue weighted by Crippen LogP contribution is -2.36. The van der Waals surface area contributed by atoms with Crippen LogP contribution in [0.15, 0.2) is 21.9 Å². The van der Waals surface area contributed by atoms with Crippen molar-refractivity contribution in [3.05, 3.63) is 38.7 Å². The molecule has 3 aliphatic heterocycles. The van der Waals surface area contributed by atoms with Gasteiger partial charge in [-0.1, -0.05) is 19.3 Å². The first-order chi connectivity index (χ1) is 22.4. The molecule has 47 heavy (non-hydrogen) atoms. The highest BCUT2D eigenvalue weighted by Gasteiger charge is 2.43. The predicted molar refractivity (Wildman–Crippen MR) is 171 cm³/mol. The SMILES string of the molecule is O=C(/C=C/c1cn([C@H]2C[C@@H](OP(=O)(O)O)C(CO)O2)c(=O)[nH]c1=O)NCCCCCCNC(=O)CCCCC1SCC2NC(=O)NC21. The molecule has 4 heterocycles. The molecule has 0 spiro atoms. The van der Waals surface area contributed by atoms with E-state index >= 15 is 0 Å². The van der Waals surface area contributed by atoms with Crippen LogP contribution in [-0.2, 0) is 23.4 Å². The van der Waals surface area contributed by atoms with E-state index in [9.17, 15) is 33.6 Å². The number of rotatable bonds is 18. The van der Waals surface area contributed by atoms with Gasteiger partial charge in [0.15, 0.2) is 0 Å². The number of amides is 4. The fourth-order valence-electron chi connectivity index (χ4n) is 5.79. The van der Waals surface area contributed by atoms with Crippen molar-refractivity contribution in [3.63, 3.8) is 0 Å². The Labute approximate surface area is 274 Å². The zero-order chi connectivity index (χ0) is 34.0. The van der Waals surface area contributed by atoms with E-state index < -0.39 is 50.0 Å². The van der Waals surface area contributed by atoms with Gasteiger partial charge in [0.2, 0.25) is 11.8 Å². The monoisotopic (exact) mass is 702 g/mol. The van der Waals surface area contributed by atoms with Gasteiger partial charge in [0.25, 0.3) is 5.56 Å². The smallest absolute Gasteiger partial charge is 0.394 e. The summed E-state index contributed by atoms with van der Waals surface area (Å²) < 4.78 is 22.4. The van der Waals surface area contributed by atoms with Crippen LogP contribution in [0.1, 0.15) is 69.6 Å². The molecular formula is C28H43N6O11PS. The minimum Gasteiger partial charge on any atom is -0.394 e. The van der Waals surface area contributed by atoms with Gasteiger partial charge in [-0.2, -0.15) is 11.8 Å². The second-order valence-corrected chi connectivity index (χ2v) is 14.2. The van der Waals surface area contributed by atoms with Gasteiger partial charge in [-0.25, -0.2) is 14.2 Å². The molecule has 0 aromatic carbocycles. The summed E-state index contributed by atoms with van der Waals surface area (Å²) in [5.41, 5.74) is -1.63. The average Bonchev–Trinajstić information content (AvgIpc) is 3.69. The normalized spacial score (nSPS) is 25.5. The molecule has 19 heteroatoms. The number of thioether (sulfide) groups is 1. The van der Waals surface area contributed by atoms with Gasteiger partial charge in [0.05, 0.1) is 24.3 Å². The third kappa shape index (κ3) is 11.3. The maximum Gasteiger partial charge on any atom is 0.469 e. The van der Waals surface area contributed by atoms with E-state index in [2.05, 4.69) is 30.8 Å².